The molecule has 5 heteroatoms. The number of alkyl halides is 3. The van der Waals surface area contributed by atoms with Crippen LogP contribution >= 0.6 is 29.6 Å². The Labute approximate surface area is 48.9 Å². The molecule has 0 unspecified atom stereocenters. The van der Waals surface area contributed by atoms with E-state index in [-0.39, 0.29) is 17.0 Å². The minimum Gasteiger partial charge on any atom is -0.160 e. The summed E-state index contributed by atoms with van der Waals surface area (Å²) in [6.07, 6.45) is 0. The normalized spacial score (nSPS) is 10.0. The first-order valence-corrected chi connectivity index (χ1v) is 1.18. The van der Waals surface area contributed by atoms with E-state index in [0.29, 0.717) is 0 Å². The lowest BCUT2D eigenvalue weighted by Crippen LogP contribution is -1.89. The largest absolute Gasteiger partial charge is 0.452 e. The molecule has 0 atom stereocenters. The second kappa shape index (κ2) is 2.74. The average Bonchev–Trinajstić information content (AvgIpc) is 0.722. The lowest BCUT2D eigenvalue weighted by atomic mass is 11.6. The molecule has 0 spiro atoms. The van der Waals surface area contributed by atoms with E-state index in [1.807, 2.05) is 0 Å². The van der Waals surface area contributed by atoms with Gasteiger partial charge in [-0.15, -0.1) is 17.0 Å². The molecule has 0 fully saturated rings. The number of rotatable bonds is 0. The van der Waals surface area contributed by atoms with Crippen LogP contribution in [0.3, 0.4) is 0 Å². The van der Waals surface area contributed by atoms with E-state index < -0.39 is 5.51 Å². The molecular weight excluding hydrogens is 181 g/mol. The number of hydrogen-bond acceptors (Lipinski definition) is 0. The molecule has 39 valence electrons. The zero-order valence-electron chi connectivity index (χ0n) is 2.45. The zero-order valence-corrected chi connectivity index (χ0v) is 4.98. The summed E-state index contributed by atoms with van der Waals surface area (Å²) in [5, 5.41) is 0. The molecule has 0 heterocycles. The summed E-state index contributed by atoms with van der Waals surface area (Å²) >= 11 is 2.83. The fourth-order valence-corrected chi connectivity index (χ4v) is 0. The summed E-state index contributed by atoms with van der Waals surface area (Å²) in [6.45, 7) is 0. The second-order valence-electron chi connectivity index (χ2n) is 0.446. The van der Waals surface area contributed by atoms with Gasteiger partial charge in [-0.25, -0.2) is 0 Å². The summed E-state index contributed by atoms with van der Waals surface area (Å²) in [6, 6.07) is 0. The average molecular weight is 182 g/mol. The van der Waals surface area contributed by atoms with E-state index in [1.54, 1.807) is 0 Å². The summed E-state index contributed by atoms with van der Waals surface area (Å²) in [4.78, 5) is 0. The second-order valence-corrected chi connectivity index (χ2v) is 0.909. The van der Waals surface area contributed by atoms with Gasteiger partial charge in [0.15, 0.2) is 0 Å². The fraction of sp³-hybridized carbons (Fsp3) is 1.00. The van der Waals surface area contributed by atoms with Gasteiger partial charge in [-0.2, -0.15) is 13.2 Å². The monoisotopic (exact) mass is 181 g/mol. The quantitative estimate of drug-likeness (QED) is 0.539. The Morgan fingerprint density at radius 1 is 1.17 bits per heavy atom. The fourth-order valence-electron chi connectivity index (χ4n) is 0. The molecule has 0 nitrogen and oxygen atoms in total. The maximum atomic E-state index is 10.2. The predicted molar refractivity (Wildman–Crippen MR) is 24.0 cm³/mol. The third kappa shape index (κ3) is 157. The van der Waals surface area contributed by atoms with Crippen LogP contribution in [0.4, 0.5) is 13.2 Å². The van der Waals surface area contributed by atoms with Gasteiger partial charge in [0.2, 0.25) is 0 Å². The lowest BCUT2D eigenvalue weighted by Gasteiger charge is -1.85. The molecule has 0 aliphatic carbocycles. The van der Waals surface area contributed by atoms with Crippen LogP contribution in [0.15, 0.2) is 0 Å². The van der Waals surface area contributed by atoms with E-state index in [0.717, 1.165) is 0 Å². The van der Waals surface area contributed by atoms with E-state index in [2.05, 4.69) is 12.6 Å². The Hall–Kier alpha value is 0.620. The standard InChI is InChI=1S/CF3S.BrH/c2-1(3,4)5;/h;1H. The van der Waals surface area contributed by atoms with Gasteiger partial charge >= 0.3 is 5.51 Å². The van der Waals surface area contributed by atoms with Crippen molar-refractivity contribution in [1.29, 1.82) is 0 Å². The Morgan fingerprint density at radius 3 is 1.17 bits per heavy atom. The lowest BCUT2D eigenvalue weighted by molar-refractivity contribution is -0.0303. The molecule has 0 saturated heterocycles. The van der Waals surface area contributed by atoms with Crippen molar-refractivity contribution < 1.29 is 13.2 Å². The minimum atomic E-state index is -4.42. The molecule has 0 rings (SSSR count). The molecule has 0 N–H and O–H groups in total. The Balaban J connectivity index is 0. The van der Waals surface area contributed by atoms with E-state index in [9.17, 15) is 13.2 Å². The van der Waals surface area contributed by atoms with Gasteiger partial charge in [0, 0.05) is 12.6 Å². The van der Waals surface area contributed by atoms with Gasteiger partial charge in [0.05, 0.1) is 0 Å². The van der Waals surface area contributed by atoms with Crippen molar-refractivity contribution in [3.63, 3.8) is 0 Å². The van der Waals surface area contributed by atoms with Crippen LogP contribution in [0.5, 0.6) is 0 Å². The Bertz CT molecular complexity index is 26.3. The maximum absolute atomic E-state index is 10.2. The first-order valence-electron chi connectivity index (χ1n) is 0.771. The van der Waals surface area contributed by atoms with E-state index in [1.165, 1.54) is 0 Å². The van der Waals surface area contributed by atoms with Crippen molar-refractivity contribution in [1.82, 2.24) is 0 Å². The van der Waals surface area contributed by atoms with Gasteiger partial charge < -0.3 is 0 Å². The smallest absolute Gasteiger partial charge is 0.160 e. The molecule has 0 aromatic rings. The van der Waals surface area contributed by atoms with Gasteiger partial charge in [-0.3, -0.25) is 0 Å². The highest BCUT2D eigenvalue weighted by molar-refractivity contribution is 8.93. The topological polar surface area (TPSA) is 0 Å². The van der Waals surface area contributed by atoms with Crippen molar-refractivity contribution in [3.05, 3.63) is 0 Å². The molecule has 6 heavy (non-hydrogen) atoms. The molecule has 0 aliphatic rings. The van der Waals surface area contributed by atoms with Gasteiger partial charge in [0.1, 0.15) is 0 Å². The van der Waals surface area contributed by atoms with Crippen LogP contribution in [-0.2, 0) is 0 Å². The molecule has 0 amide bonds. The van der Waals surface area contributed by atoms with Crippen molar-refractivity contribution in [2.45, 2.75) is 5.51 Å². The van der Waals surface area contributed by atoms with Gasteiger partial charge in [-0.05, 0) is 0 Å². The SMILES string of the molecule is Br.FC(F)(F)[S]. The van der Waals surface area contributed by atoms with Crippen molar-refractivity contribution in [3.8, 4) is 0 Å². The summed E-state index contributed by atoms with van der Waals surface area (Å²) in [5.41, 5.74) is -4.42. The van der Waals surface area contributed by atoms with Crippen LogP contribution in [0.2, 0.25) is 0 Å². The third-order valence-corrected chi connectivity index (χ3v) is 0. The van der Waals surface area contributed by atoms with Crippen LogP contribution in [-0.4, -0.2) is 5.51 Å². The van der Waals surface area contributed by atoms with E-state index in [4.69, 9.17) is 0 Å². The first-order chi connectivity index (χ1) is 2.00. The van der Waals surface area contributed by atoms with Crippen molar-refractivity contribution >= 4 is 29.6 Å². The van der Waals surface area contributed by atoms with Gasteiger partial charge in [-0.1, -0.05) is 0 Å². The van der Waals surface area contributed by atoms with Crippen LogP contribution < -0.4 is 0 Å². The van der Waals surface area contributed by atoms with Gasteiger partial charge in [0.25, 0.3) is 0 Å². The van der Waals surface area contributed by atoms with Crippen molar-refractivity contribution in [2.24, 2.45) is 0 Å². The third-order valence-electron chi connectivity index (χ3n) is 0. The molecule has 0 bridgehead atoms. The molecule has 0 saturated carbocycles. The van der Waals surface area contributed by atoms with E-state index >= 15 is 0 Å². The maximum Gasteiger partial charge on any atom is 0.452 e. The van der Waals surface area contributed by atoms with Crippen LogP contribution in [0.1, 0.15) is 0 Å². The highest BCUT2D eigenvalue weighted by Gasteiger charge is 2.19. The molecule has 0 aromatic heterocycles. The highest BCUT2D eigenvalue weighted by Crippen LogP contribution is 2.17. The summed E-state index contributed by atoms with van der Waals surface area (Å²) < 4.78 is 30.5. The zero-order chi connectivity index (χ0) is 4.50. The van der Waals surface area contributed by atoms with Crippen LogP contribution in [0.25, 0.3) is 0 Å². The molecular formula is CHBrF3S. The Morgan fingerprint density at radius 2 is 1.17 bits per heavy atom. The predicted octanol–water partition coefficient (Wildman–Crippen LogP) is 2.28. The van der Waals surface area contributed by atoms with Crippen molar-refractivity contribution in [2.75, 3.05) is 0 Å². The first kappa shape index (κ1) is 9.80. The Kier molecular flexibility index (Phi) is 4.47. The molecule has 1 radical (unpaired) electrons. The summed E-state index contributed by atoms with van der Waals surface area (Å²) in [5.74, 6) is 0. The minimum absolute atomic E-state index is 0. The number of halogens is 4. The molecule has 0 aliphatic heterocycles. The highest BCUT2D eigenvalue weighted by atomic mass is 79.9. The summed E-state index contributed by atoms with van der Waals surface area (Å²) in [7, 11) is 0. The van der Waals surface area contributed by atoms with Crippen LogP contribution in [0, 0.1) is 0 Å². The number of hydrogen-bond donors (Lipinski definition) is 0. The molecule has 0 aromatic carbocycles.